The van der Waals surface area contributed by atoms with Crippen LogP contribution in [0.2, 0.25) is 0 Å². The number of benzene rings is 2. The Labute approximate surface area is 337 Å². The van der Waals surface area contributed by atoms with Crippen LogP contribution in [0.1, 0.15) is 83.5 Å². The number of nitrogens with one attached hydrogen (secondary N) is 1. The Hall–Kier alpha value is -4.20. The first kappa shape index (κ1) is 41.0. The van der Waals surface area contributed by atoms with Crippen LogP contribution in [-0.4, -0.2) is 74.9 Å². The predicted octanol–water partition coefficient (Wildman–Crippen LogP) is 6.09. The largest absolute Gasteiger partial charge is 0.393 e. The number of fused-ring (bicyclic) bond motifs is 5. The number of carbonyl (C=O) groups excluding carboxylic acids is 5. The molecule has 0 radical (unpaired) electrons. The Balaban J connectivity index is 0.954. The Morgan fingerprint density at radius 1 is 1.00 bits per heavy atom. The highest BCUT2D eigenvalue weighted by atomic mass is 32.2. The number of rotatable bonds is 15. The van der Waals surface area contributed by atoms with Gasteiger partial charge in [0.05, 0.1) is 12.2 Å². The number of ether oxygens (including phenoxy) is 1. The van der Waals surface area contributed by atoms with E-state index in [4.69, 9.17) is 4.74 Å². The third-order valence-electron chi connectivity index (χ3n) is 13.3. The number of allylic oxidation sites excluding steroid dienone is 4. The average Bonchev–Trinajstić information content (AvgIpc) is 3.64. The molecule has 4 N–H and O–H groups in total. The van der Waals surface area contributed by atoms with Crippen LogP contribution >= 0.6 is 11.8 Å². The van der Waals surface area contributed by atoms with Crippen molar-refractivity contribution in [3.63, 3.8) is 0 Å². The summed E-state index contributed by atoms with van der Waals surface area (Å²) >= 11 is 1.51. The van der Waals surface area contributed by atoms with Gasteiger partial charge in [0.25, 0.3) is 11.8 Å². The van der Waals surface area contributed by atoms with Gasteiger partial charge in [-0.05, 0) is 104 Å². The van der Waals surface area contributed by atoms with Crippen molar-refractivity contribution in [2.45, 2.75) is 99.9 Å². The number of imide groups is 1. The number of nitrogens with zero attached hydrogens (tertiary/aromatic N) is 1. The van der Waals surface area contributed by atoms with Crippen molar-refractivity contribution in [1.82, 2.24) is 4.90 Å². The lowest BCUT2D eigenvalue weighted by Gasteiger charge is -2.58. The molecule has 3 unspecified atom stereocenters. The van der Waals surface area contributed by atoms with E-state index in [9.17, 15) is 39.3 Å². The Bertz CT molecular complexity index is 1980. The third-order valence-corrected chi connectivity index (χ3v) is 14.3. The summed E-state index contributed by atoms with van der Waals surface area (Å²) in [7, 11) is 0. The van der Waals surface area contributed by atoms with Crippen molar-refractivity contribution in [3.05, 3.63) is 90.0 Å². The zero-order valence-electron chi connectivity index (χ0n) is 32.5. The summed E-state index contributed by atoms with van der Waals surface area (Å²) in [5.74, 6) is -1.14. The molecule has 3 fully saturated rings. The quantitative estimate of drug-likeness (QED) is 0.0940. The Morgan fingerprint density at radius 3 is 2.49 bits per heavy atom. The number of unbranched alkanes of at least 4 members (excludes halogenated alkanes) is 2. The fourth-order valence-corrected chi connectivity index (χ4v) is 11.4. The van der Waals surface area contributed by atoms with Gasteiger partial charge in [-0.1, -0.05) is 61.9 Å². The van der Waals surface area contributed by atoms with Crippen molar-refractivity contribution < 1.29 is 44.0 Å². The molecule has 12 heteroatoms. The molecule has 5 aliphatic rings. The van der Waals surface area contributed by atoms with Crippen molar-refractivity contribution in [3.8, 4) is 0 Å². The topological polar surface area (TPSA) is 171 Å². The van der Waals surface area contributed by atoms with Crippen molar-refractivity contribution in [1.29, 1.82) is 0 Å². The first-order valence-electron chi connectivity index (χ1n) is 20.1. The molecule has 0 aromatic heterocycles. The predicted molar refractivity (Wildman–Crippen MR) is 213 cm³/mol. The molecule has 9 atom stereocenters. The lowest BCUT2D eigenvalue weighted by atomic mass is 9.46. The number of hydrogen-bond donors (Lipinski definition) is 4. The minimum absolute atomic E-state index is 0.0166. The number of Topliss-reactive ketones (excluding diaryl/α,β-unsaturated/α-hetero) is 1. The first-order chi connectivity index (χ1) is 27.3. The molecule has 0 bridgehead atoms. The first-order valence-corrected chi connectivity index (χ1v) is 20.9. The van der Waals surface area contributed by atoms with Gasteiger partial charge >= 0.3 is 0 Å². The van der Waals surface area contributed by atoms with Crippen LogP contribution in [0.4, 0.5) is 5.69 Å². The number of hydrogen-bond acceptors (Lipinski definition) is 10. The van der Waals surface area contributed by atoms with Gasteiger partial charge in [-0.2, -0.15) is 0 Å². The van der Waals surface area contributed by atoms with Crippen LogP contribution in [0, 0.1) is 34.5 Å². The van der Waals surface area contributed by atoms with Crippen molar-refractivity contribution in [2.75, 3.05) is 18.5 Å². The van der Waals surface area contributed by atoms with Crippen LogP contribution in [-0.2, 0) is 28.7 Å². The maximum Gasteiger partial charge on any atom is 0.253 e. The Morgan fingerprint density at radius 2 is 1.75 bits per heavy atom. The second-order valence-electron chi connectivity index (χ2n) is 16.8. The highest BCUT2D eigenvalue weighted by Crippen LogP contribution is 2.67. The van der Waals surface area contributed by atoms with E-state index >= 15 is 0 Å². The number of carbonyl (C=O) groups is 5. The lowest BCUT2D eigenvalue weighted by Crippen LogP contribution is -2.56. The number of anilines is 1. The van der Waals surface area contributed by atoms with Gasteiger partial charge in [-0.25, -0.2) is 0 Å². The fraction of sp³-hybridized carbons (Fsp3) is 0.489. The summed E-state index contributed by atoms with van der Waals surface area (Å²) in [6, 6.07) is 15.0. The number of ketones is 2. The van der Waals surface area contributed by atoms with Gasteiger partial charge in [0.15, 0.2) is 17.9 Å². The molecule has 3 amide bonds. The molecular weight excluding hydrogens is 745 g/mol. The van der Waals surface area contributed by atoms with Gasteiger partial charge < -0.3 is 25.4 Å². The van der Waals surface area contributed by atoms with E-state index in [1.165, 1.54) is 28.8 Å². The van der Waals surface area contributed by atoms with Gasteiger partial charge in [0.1, 0.15) is 6.61 Å². The highest BCUT2D eigenvalue weighted by Gasteiger charge is 2.64. The van der Waals surface area contributed by atoms with Crippen molar-refractivity contribution in [2.24, 2.45) is 34.5 Å². The summed E-state index contributed by atoms with van der Waals surface area (Å²) < 4.78 is 6.45. The van der Waals surface area contributed by atoms with Gasteiger partial charge in [-0.3, -0.25) is 28.9 Å². The molecule has 11 nitrogen and oxygen atoms in total. The maximum absolute atomic E-state index is 12.8. The van der Waals surface area contributed by atoms with Crippen LogP contribution < -0.4 is 5.32 Å². The molecule has 0 saturated heterocycles. The SMILES string of the molecule is C[C@]12C=CC(=O)C=C1CC[C@@H]1C2[C@@H](O)C[C@@]2(C)C1CC(O[C@H](O)c1ccc(Sc3cccc(NC(=O)CCCCCN4C(=O)C=CC4=O)c3)cc1)[C@@H]2CC(=O)CO. The van der Waals surface area contributed by atoms with Gasteiger partial charge in [0.2, 0.25) is 5.91 Å². The summed E-state index contributed by atoms with van der Waals surface area (Å²) in [5, 5.41) is 35.9. The Kier molecular flexibility index (Phi) is 12.2. The molecule has 7 rings (SSSR count). The summed E-state index contributed by atoms with van der Waals surface area (Å²) in [6.45, 7) is 4.03. The molecule has 57 heavy (non-hydrogen) atoms. The number of amides is 3. The zero-order valence-corrected chi connectivity index (χ0v) is 33.3. The summed E-state index contributed by atoms with van der Waals surface area (Å²) in [6.07, 6.45) is 10.6. The number of aliphatic hydroxyl groups is 3. The molecule has 2 aromatic carbocycles. The maximum atomic E-state index is 12.8. The summed E-state index contributed by atoms with van der Waals surface area (Å²) in [5.41, 5.74) is 1.43. The van der Waals surface area contributed by atoms with Gasteiger partial charge in [-0.15, -0.1) is 0 Å². The average molecular weight is 797 g/mol. The minimum Gasteiger partial charge on any atom is -0.393 e. The fourth-order valence-electron chi connectivity index (χ4n) is 10.6. The second-order valence-corrected chi connectivity index (χ2v) is 17.9. The van der Waals surface area contributed by atoms with E-state index < -0.39 is 35.9 Å². The molecule has 1 aliphatic heterocycles. The second kappa shape index (κ2) is 17.0. The van der Waals surface area contributed by atoms with Crippen LogP contribution in [0.15, 0.2) is 94.3 Å². The molecule has 302 valence electrons. The molecule has 0 spiro atoms. The monoisotopic (exact) mass is 796 g/mol. The van der Waals surface area contributed by atoms with E-state index in [2.05, 4.69) is 19.2 Å². The van der Waals surface area contributed by atoms with E-state index in [1.807, 2.05) is 54.6 Å². The molecule has 3 saturated carbocycles. The smallest absolute Gasteiger partial charge is 0.253 e. The van der Waals surface area contributed by atoms with E-state index in [0.29, 0.717) is 56.3 Å². The summed E-state index contributed by atoms with van der Waals surface area (Å²) in [4.78, 5) is 64.1. The van der Waals surface area contributed by atoms with Crippen LogP contribution in [0.25, 0.3) is 0 Å². The molecular formula is C45H52N2O9S. The van der Waals surface area contributed by atoms with E-state index in [0.717, 1.165) is 28.2 Å². The van der Waals surface area contributed by atoms with E-state index in [-0.39, 0.29) is 59.4 Å². The third kappa shape index (κ3) is 8.52. The van der Waals surface area contributed by atoms with E-state index in [1.54, 1.807) is 12.2 Å². The normalized spacial score (nSPS) is 30.8. The van der Waals surface area contributed by atoms with Crippen LogP contribution in [0.5, 0.6) is 0 Å². The van der Waals surface area contributed by atoms with Crippen LogP contribution in [0.3, 0.4) is 0 Å². The standard InChI is InChI=1S/C45H52N2O9S/c1-44-19-18-30(49)21-28(44)12-15-34-35-24-38(36(23-31(50)26-48)45(35,2)25-37(51)42(34)44)56-43(55)27-10-13-32(14-11-27)57-33-8-6-7-29(22-33)46-39(52)9-4-3-5-20-47-40(53)16-17-41(47)54/h6-8,10-11,13-14,16-19,21-22,34-38,42-43,48,51,55H,3-5,9,12,15,20,23-26H2,1-2H3,(H,46,52)/t34-,35?,36-,37-,38?,42?,43-,44-,45-/m0/s1. The molecule has 2 aromatic rings. The van der Waals surface area contributed by atoms with Crippen molar-refractivity contribution >= 4 is 46.7 Å². The molecule has 1 heterocycles. The highest BCUT2D eigenvalue weighted by molar-refractivity contribution is 7.99. The number of aliphatic hydroxyl groups excluding tert-OH is 3. The van der Waals surface area contributed by atoms with Gasteiger partial charge in [0, 0.05) is 63.9 Å². The lowest BCUT2D eigenvalue weighted by molar-refractivity contribution is -0.161. The molecule has 4 aliphatic carbocycles. The zero-order chi connectivity index (χ0) is 40.5. The minimum atomic E-state index is -1.25.